The molecule has 0 saturated heterocycles. The second-order valence-corrected chi connectivity index (χ2v) is 8.46. The van der Waals surface area contributed by atoms with Gasteiger partial charge in [-0.3, -0.25) is 0 Å². The molecule has 0 bridgehead atoms. The summed E-state index contributed by atoms with van der Waals surface area (Å²) in [5, 5.41) is 6.92. The fourth-order valence-electron chi connectivity index (χ4n) is 3.88. The number of benzene rings is 3. The second-order valence-electron chi connectivity index (χ2n) is 7.62. The van der Waals surface area contributed by atoms with E-state index in [0.717, 1.165) is 33.3 Å². The number of ether oxygens (including phenoxy) is 2. The van der Waals surface area contributed by atoms with Crippen molar-refractivity contribution in [3.8, 4) is 11.5 Å². The Morgan fingerprint density at radius 2 is 1.76 bits per heavy atom. The van der Waals surface area contributed by atoms with E-state index in [1.807, 2.05) is 48.7 Å². The minimum absolute atomic E-state index is 0.564. The molecule has 0 amide bonds. The molecule has 0 aliphatic heterocycles. The molecule has 1 heterocycles. The number of halogens is 2. The summed E-state index contributed by atoms with van der Waals surface area (Å²) in [6.07, 6.45) is 1.87. The van der Waals surface area contributed by atoms with Gasteiger partial charge in [0.2, 0.25) is 0 Å². The van der Waals surface area contributed by atoms with E-state index in [9.17, 15) is 0 Å². The van der Waals surface area contributed by atoms with Gasteiger partial charge in [-0.25, -0.2) is 0 Å². The summed E-state index contributed by atoms with van der Waals surface area (Å²) >= 11 is 12.5. The highest BCUT2D eigenvalue weighted by atomic mass is 35.5. The van der Waals surface area contributed by atoms with Gasteiger partial charge < -0.3 is 19.5 Å². The normalized spacial score (nSPS) is 11.3. The summed E-state index contributed by atoms with van der Waals surface area (Å²) in [5.74, 6) is 1.40. The van der Waals surface area contributed by atoms with Crippen LogP contribution in [-0.2, 0) is 13.1 Å². The van der Waals surface area contributed by atoms with Crippen LogP contribution in [0, 0.1) is 6.92 Å². The molecular formula is C26H25Cl2N3O2. The SMILES string of the molecule is COc1ccc(CN/N=C\c2c(C)n(Cc3ccc(Cl)cc3Cl)c3ccccc23)cc1OC. The molecule has 4 rings (SSSR count). The molecule has 1 N–H and O–H groups in total. The maximum absolute atomic E-state index is 6.44. The number of methoxy groups -OCH3 is 2. The lowest BCUT2D eigenvalue weighted by molar-refractivity contribution is 0.354. The molecule has 0 fully saturated rings. The first-order valence-corrected chi connectivity index (χ1v) is 11.3. The molecule has 0 atom stereocenters. The minimum atomic E-state index is 0.564. The highest BCUT2D eigenvalue weighted by Crippen LogP contribution is 2.29. The monoisotopic (exact) mass is 481 g/mol. The van der Waals surface area contributed by atoms with Crippen LogP contribution in [0.4, 0.5) is 0 Å². The Morgan fingerprint density at radius 3 is 2.52 bits per heavy atom. The fraction of sp³-hybridized carbons (Fsp3) is 0.192. The van der Waals surface area contributed by atoms with Gasteiger partial charge in [-0.05, 0) is 48.4 Å². The standard InChI is InChI=1S/C26H25Cl2N3O2/c1-17-22(15-30-29-14-18-8-11-25(32-2)26(12-18)33-3)21-6-4-5-7-24(21)31(17)16-19-9-10-20(27)13-23(19)28/h4-13,15,29H,14,16H2,1-3H3/b30-15-. The molecule has 0 aliphatic rings. The smallest absolute Gasteiger partial charge is 0.161 e. The maximum Gasteiger partial charge on any atom is 0.161 e. The van der Waals surface area contributed by atoms with E-state index in [4.69, 9.17) is 32.7 Å². The van der Waals surface area contributed by atoms with Crippen molar-refractivity contribution in [3.63, 3.8) is 0 Å². The predicted octanol–water partition coefficient (Wildman–Crippen LogP) is 6.45. The van der Waals surface area contributed by atoms with Crippen LogP contribution in [-0.4, -0.2) is 25.0 Å². The molecule has 33 heavy (non-hydrogen) atoms. The van der Waals surface area contributed by atoms with Crippen molar-refractivity contribution in [1.29, 1.82) is 0 Å². The Hall–Kier alpha value is -3.15. The first-order valence-electron chi connectivity index (χ1n) is 10.5. The van der Waals surface area contributed by atoms with Gasteiger partial charge in [-0.1, -0.05) is 53.5 Å². The second kappa shape index (κ2) is 10.2. The van der Waals surface area contributed by atoms with Gasteiger partial charge in [-0.2, -0.15) is 5.10 Å². The Kier molecular flexibility index (Phi) is 7.11. The summed E-state index contributed by atoms with van der Waals surface area (Å²) in [5.41, 5.74) is 8.49. The third-order valence-corrected chi connectivity index (χ3v) is 6.23. The first-order chi connectivity index (χ1) is 16.0. The van der Waals surface area contributed by atoms with E-state index in [2.05, 4.69) is 34.2 Å². The Balaban J connectivity index is 1.57. The maximum atomic E-state index is 6.44. The number of hydrogen-bond donors (Lipinski definition) is 1. The molecule has 0 unspecified atom stereocenters. The van der Waals surface area contributed by atoms with Gasteiger partial charge in [0.25, 0.3) is 0 Å². The number of para-hydroxylation sites is 1. The van der Waals surface area contributed by atoms with Gasteiger partial charge in [0.1, 0.15) is 0 Å². The van der Waals surface area contributed by atoms with E-state index < -0.39 is 0 Å². The summed E-state index contributed by atoms with van der Waals surface area (Å²) in [6.45, 7) is 3.31. The van der Waals surface area contributed by atoms with Crippen molar-refractivity contribution in [2.24, 2.45) is 5.10 Å². The summed E-state index contributed by atoms with van der Waals surface area (Å²) < 4.78 is 12.9. The van der Waals surface area contributed by atoms with Crippen LogP contribution in [0.1, 0.15) is 22.4 Å². The number of nitrogens with zero attached hydrogens (tertiary/aromatic N) is 2. The van der Waals surface area contributed by atoms with E-state index in [1.165, 1.54) is 0 Å². The molecule has 0 saturated carbocycles. The lowest BCUT2D eigenvalue weighted by Gasteiger charge is -2.10. The van der Waals surface area contributed by atoms with Crippen LogP contribution in [0.2, 0.25) is 10.0 Å². The van der Waals surface area contributed by atoms with Crippen LogP contribution in [0.3, 0.4) is 0 Å². The number of nitrogens with one attached hydrogen (secondary N) is 1. The molecular weight excluding hydrogens is 457 g/mol. The molecule has 0 spiro atoms. The van der Waals surface area contributed by atoms with Gasteiger partial charge >= 0.3 is 0 Å². The van der Waals surface area contributed by atoms with Crippen molar-refractivity contribution in [2.75, 3.05) is 14.2 Å². The number of hydrazone groups is 1. The largest absolute Gasteiger partial charge is 0.493 e. The lowest BCUT2D eigenvalue weighted by atomic mass is 10.1. The van der Waals surface area contributed by atoms with E-state index in [1.54, 1.807) is 20.3 Å². The first kappa shape index (κ1) is 23.0. The third kappa shape index (κ3) is 4.95. The van der Waals surface area contributed by atoms with Gasteiger partial charge in [0.05, 0.1) is 27.0 Å². The highest BCUT2D eigenvalue weighted by molar-refractivity contribution is 6.35. The Bertz CT molecular complexity index is 1310. The lowest BCUT2D eigenvalue weighted by Crippen LogP contribution is -2.07. The number of aromatic nitrogens is 1. The third-order valence-electron chi connectivity index (χ3n) is 5.64. The van der Waals surface area contributed by atoms with Crippen molar-refractivity contribution < 1.29 is 9.47 Å². The molecule has 5 nitrogen and oxygen atoms in total. The molecule has 7 heteroatoms. The average molecular weight is 482 g/mol. The van der Waals surface area contributed by atoms with Crippen LogP contribution < -0.4 is 14.9 Å². The topological polar surface area (TPSA) is 47.8 Å². The van der Waals surface area contributed by atoms with Crippen molar-refractivity contribution in [3.05, 3.63) is 93.1 Å². The fourth-order valence-corrected chi connectivity index (χ4v) is 4.35. The van der Waals surface area contributed by atoms with E-state index >= 15 is 0 Å². The molecule has 170 valence electrons. The molecule has 0 radical (unpaired) electrons. The zero-order valence-corrected chi connectivity index (χ0v) is 20.2. The Morgan fingerprint density at radius 1 is 0.970 bits per heavy atom. The van der Waals surface area contributed by atoms with Crippen LogP contribution in [0.15, 0.2) is 65.8 Å². The van der Waals surface area contributed by atoms with Crippen molar-refractivity contribution >= 4 is 40.3 Å². The number of rotatable bonds is 8. The van der Waals surface area contributed by atoms with E-state index in [0.29, 0.717) is 34.6 Å². The zero-order valence-electron chi connectivity index (χ0n) is 18.7. The van der Waals surface area contributed by atoms with Crippen LogP contribution in [0.25, 0.3) is 10.9 Å². The summed E-state index contributed by atoms with van der Waals surface area (Å²) in [7, 11) is 3.25. The molecule has 0 aliphatic carbocycles. The zero-order chi connectivity index (χ0) is 23.4. The minimum Gasteiger partial charge on any atom is -0.493 e. The molecule has 1 aromatic heterocycles. The molecule has 4 aromatic rings. The Labute approximate surface area is 203 Å². The highest BCUT2D eigenvalue weighted by Gasteiger charge is 2.14. The van der Waals surface area contributed by atoms with Crippen LogP contribution >= 0.6 is 23.2 Å². The quantitative estimate of drug-likeness (QED) is 0.232. The number of fused-ring (bicyclic) bond motifs is 1. The van der Waals surface area contributed by atoms with Crippen molar-refractivity contribution in [1.82, 2.24) is 9.99 Å². The van der Waals surface area contributed by atoms with Gasteiger partial charge in [-0.15, -0.1) is 0 Å². The van der Waals surface area contributed by atoms with Gasteiger partial charge in [0.15, 0.2) is 11.5 Å². The predicted molar refractivity (Wildman–Crippen MR) is 136 cm³/mol. The van der Waals surface area contributed by atoms with E-state index in [-0.39, 0.29) is 0 Å². The van der Waals surface area contributed by atoms with Gasteiger partial charge in [0, 0.05) is 38.8 Å². The van der Waals surface area contributed by atoms with Crippen molar-refractivity contribution in [2.45, 2.75) is 20.0 Å². The summed E-state index contributed by atoms with van der Waals surface area (Å²) in [4.78, 5) is 0. The summed E-state index contributed by atoms with van der Waals surface area (Å²) in [6, 6.07) is 19.7. The molecule has 3 aromatic carbocycles. The van der Waals surface area contributed by atoms with Crippen LogP contribution in [0.5, 0.6) is 11.5 Å². The number of hydrogen-bond acceptors (Lipinski definition) is 4. The average Bonchev–Trinajstić information content (AvgIpc) is 3.09.